The third-order valence-electron chi connectivity index (χ3n) is 6.58. The van der Waals surface area contributed by atoms with E-state index in [0.29, 0.717) is 5.92 Å². The molecule has 1 rings (SSSR count). The fourth-order valence-corrected chi connectivity index (χ4v) is 4.81. The highest BCUT2D eigenvalue weighted by atomic mass is 14.3. The molecule has 0 aliphatic heterocycles. The predicted octanol–water partition coefficient (Wildman–Crippen LogP) is 8.44. The van der Waals surface area contributed by atoms with Crippen LogP contribution in [0.5, 0.6) is 0 Å². The first kappa shape index (κ1) is 22.5. The van der Waals surface area contributed by atoms with Crippen molar-refractivity contribution < 1.29 is 0 Å². The Morgan fingerprint density at radius 1 is 1.04 bits per heavy atom. The van der Waals surface area contributed by atoms with Gasteiger partial charge in [0.15, 0.2) is 0 Å². The van der Waals surface area contributed by atoms with Gasteiger partial charge in [0.05, 0.1) is 0 Å². The minimum Gasteiger partial charge on any atom is -0.103 e. The summed E-state index contributed by atoms with van der Waals surface area (Å²) >= 11 is 0. The minimum absolute atomic E-state index is 0.669. The van der Waals surface area contributed by atoms with Gasteiger partial charge in [-0.15, -0.1) is 6.58 Å². The standard InChI is InChI=1S/C25H46/c1-7-13-24(18-20(3)4)25-15-12-10-9-11-14-22(6)23(19-25)17-16-21(5)8-2/h7-8,13,20-25H,2,9-12,14-19H2,1,3-6H3. The second-order valence-electron chi connectivity index (χ2n) is 9.33. The Morgan fingerprint density at radius 2 is 1.72 bits per heavy atom. The van der Waals surface area contributed by atoms with E-state index in [4.69, 9.17) is 0 Å². The first-order valence-electron chi connectivity index (χ1n) is 11.2. The Balaban J connectivity index is 2.87. The Bertz CT molecular complexity index is 364. The second kappa shape index (κ2) is 12.8. The van der Waals surface area contributed by atoms with Crippen LogP contribution in [-0.4, -0.2) is 0 Å². The Morgan fingerprint density at radius 3 is 2.32 bits per heavy atom. The van der Waals surface area contributed by atoms with Crippen LogP contribution in [0, 0.1) is 35.5 Å². The molecule has 0 heterocycles. The summed E-state index contributed by atoms with van der Waals surface area (Å²) in [6, 6.07) is 0. The SMILES string of the molecule is C=CC(C)CCC1CC(C(C=CC)CC(C)C)CCCCCCC1C. The van der Waals surface area contributed by atoms with Crippen molar-refractivity contribution in [3.63, 3.8) is 0 Å². The van der Waals surface area contributed by atoms with Crippen LogP contribution in [0.2, 0.25) is 0 Å². The third-order valence-corrected chi connectivity index (χ3v) is 6.58. The molecule has 1 aliphatic rings. The zero-order chi connectivity index (χ0) is 18.7. The van der Waals surface area contributed by atoms with Gasteiger partial charge in [0.1, 0.15) is 0 Å². The maximum absolute atomic E-state index is 4.00. The van der Waals surface area contributed by atoms with Crippen molar-refractivity contribution in [1.82, 2.24) is 0 Å². The molecule has 0 aromatic carbocycles. The molecule has 25 heavy (non-hydrogen) atoms. The van der Waals surface area contributed by atoms with Crippen molar-refractivity contribution in [2.24, 2.45) is 35.5 Å². The Labute approximate surface area is 159 Å². The van der Waals surface area contributed by atoms with Crippen LogP contribution >= 0.6 is 0 Å². The van der Waals surface area contributed by atoms with E-state index >= 15 is 0 Å². The zero-order valence-electron chi connectivity index (χ0n) is 18.0. The first-order chi connectivity index (χ1) is 12.0. The van der Waals surface area contributed by atoms with Gasteiger partial charge in [-0.25, -0.2) is 0 Å². The van der Waals surface area contributed by atoms with Gasteiger partial charge in [0.2, 0.25) is 0 Å². The van der Waals surface area contributed by atoms with E-state index in [0.717, 1.165) is 29.6 Å². The monoisotopic (exact) mass is 346 g/mol. The molecule has 0 bridgehead atoms. The molecule has 0 spiro atoms. The second-order valence-corrected chi connectivity index (χ2v) is 9.33. The van der Waals surface area contributed by atoms with Crippen molar-refractivity contribution in [3.8, 4) is 0 Å². The van der Waals surface area contributed by atoms with Gasteiger partial charge in [0.25, 0.3) is 0 Å². The summed E-state index contributed by atoms with van der Waals surface area (Å²) in [5.74, 6) is 4.95. The van der Waals surface area contributed by atoms with Crippen molar-refractivity contribution in [2.45, 2.75) is 98.8 Å². The van der Waals surface area contributed by atoms with Crippen molar-refractivity contribution in [2.75, 3.05) is 0 Å². The van der Waals surface area contributed by atoms with E-state index in [1.165, 1.54) is 64.2 Å². The maximum atomic E-state index is 4.00. The molecule has 0 aromatic rings. The van der Waals surface area contributed by atoms with Crippen LogP contribution in [0.4, 0.5) is 0 Å². The van der Waals surface area contributed by atoms with Crippen LogP contribution in [0.1, 0.15) is 98.8 Å². The van der Waals surface area contributed by atoms with Gasteiger partial charge in [-0.3, -0.25) is 0 Å². The summed E-state index contributed by atoms with van der Waals surface area (Å²) in [5, 5.41) is 0. The molecule has 0 nitrogen and oxygen atoms in total. The molecule has 5 atom stereocenters. The molecule has 0 aromatic heterocycles. The molecule has 146 valence electrons. The van der Waals surface area contributed by atoms with Crippen molar-refractivity contribution in [3.05, 3.63) is 24.8 Å². The number of hydrogen-bond acceptors (Lipinski definition) is 0. The summed E-state index contributed by atoms with van der Waals surface area (Å²) in [4.78, 5) is 0. The lowest BCUT2D eigenvalue weighted by Crippen LogP contribution is -2.23. The normalized spacial score (nSPS) is 28.8. The smallest absolute Gasteiger partial charge is 0.0203 e. The lowest BCUT2D eigenvalue weighted by atomic mass is 9.71. The fraction of sp³-hybridized carbons (Fsp3) is 0.840. The van der Waals surface area contributed by atoms with Gasteiger partial charge in [-0.05, 0) is 74.5 Å². The summed E-state index contributed by atoms with van der Waals surface area (Å²) < 4.78 is 0. The van der Waals surface area contributed by atoms with E-state index in [9.17, 15) is 0 Å². The molecule has 1 saturated carbocycles. The molecule has 1 aliphatic carbocycles. The molecule has 0 radical (unpaired) electrons. The highest BCUT2D eigenvalue weighted by molar-refractivity contribution is 4.92. The lowest BCUT2D eigenvalue weighted by molar-refractivity contribution is 0.187. The van der Waals surface area contributed by atoms with Crippen LogP contribution in [0.15, 0.2) is 24.8 Å². The molecular weight excluding hydrogens is 300 g/mol. The minimum atomic E-state index is 0.669. The largest absolute Gasteiger partial charge is 0.103 e. The Hall–Kier alpha value is -0.520. The zero-order valence-corrected chi connectivity index (χ0v) is 18.0. The topological polar surface area (TPSA) is 0 Å². The van der Waals surface area contributed by atoms with Gasteiger partial charge in [0, 0.05) is 0 Å². The van der Waals surface area contributed by atoms with Gasteiger partial charge in [-0.1, -0.05) is 78.0 Å². The van der Waals surface area contributed by atoms with Crippen molar-refractivity contribution in [1.29, 1.82) is 0 Å². The van der Waals surface area contributed by atoms with E-state index in [1.807, 2.05) is 0 Å². The fourth-order valence-electron chi connectivity index (χ4n) is 4.81. The summed E-state index contributed by atoms with van der Waals surface area (Å²) in [5.41, 5.74) is 0. The third kappa shape index (κ3) is 9.11. The Kier molecular flexibility index (Phi) is 11.5. The van der Waals surface area contributed by atoms with E-state index in [1.54, 1.807) is 0 Å². The van der Waals surface area contributed by atoms with Gasteiger partial charge in [-0.2, -0.15) is 0 Å². The number of allylic oxidation sites excluding steroid dienone is 3. The molecule has 0 amide bonds. The molecule has 5 unspecified atom stereocenters. The molecule has 1 fully saturated rings. The van der Waals surface area contributed by atoms with Crippen LogP contribution < -0.4 is 0 Å². The van der Waals surface area contributed by atoms with Gasteiger partial charge < -0.3 is 0 Å². The highest BCUT2D eigenvalue weighted by Crippen LogP contribution is 2.38. The van der Waals surface area contributed by atoms with E-state index in [-0.39, 0.29) is 0 Å². The van der Waals surface area contributed by atoms with Crippen LogP contribution in [0.3, 0.4) is 0 Å². The molecule has 0 saturated heterocycles. The van der Waals surface area contributed by atoms with E-state index < -0.39 is 0 Å². The van der Waals surface area contributed by atoms with Crippen molar-refractivity contribution >= 4 is 0 Å². The van der Waals surface area contributed by atoms with Crippen LogP contribution in [-0.2, 0) is 0 Å². The average molecular weight is 347 g/mol. The summed E-state index contributed by atoms with van der Waals surface area (Å²) in [6.07, 6.45) is 21.2. The number of hydrogen-bond donors (Lipinski definition) is 0. The summed E-state index contributed by atoms with van der Waals surface area (Å²) in [6.45, 7) is 15.9. The summed E-state index contributed by atoms with van der Waals surface area (Å²) in [7, 11) is 0. The average Bonchev–Trinajstić information content (AvgIpc) is 2.58. The van der Waals surface area contributed by atoms with Crippen LogP contribution in [0.25, 0.3) is 0 Å². The predicted molar refractivity (Wildman–Crippen MR) is 115 cm³/mol. The number of rotatable bonds is 8. The van der Waals surface area contributed by atoms with Gasteiger partial charge >= 0.3 is 0 Å². The first-order valence-corrected chi connectivity index (χ1v) is 11.2. The quantitative estimate of drug-likeness (QED) is 0.387. The maximum Gasteiger partial charge on any atom is -0.0203 e. The molecule has 0 heteroatoms. The highest BCUT2D eigenvalue weighted by Gasteiger charge is 2.27. The van der Waals surface area contributed by atoms with E-state index in [2.05, 4.69) is 59.4 Å². The molecule has 0 N–H and O–H groups in total. The lowest BCUT2D eigenvalue weighted by Gasteiger charge is -2.34. The molecular formula is C25H46.